The lowest BCUT2D eigenvalue weighted by atomic mass is 10.2. The Balaban J connectivity index is 1.87. The van der Waals surface area contributed by atoms with E-state index in [1.54, 1.807) is 21.0 Å². The summed E-state index contributed by atoms with van der Waals surface area (Å²) in [6, 6.07) is 7.55. The van der Waals surface area contributed by atoms with Gasteiger partial charge in [-0.2, -0.15) is 0 Å². The minimum absolute atomic E-state index is 0.0820. The van der Waals surface area contributed by atoms with Gasteiger partial charge in [0.2, 0.25) is 11.1 Å². The van der Waals surface area contributed by atoms with Crippen molar-refractivity contribution in [3.8, 4) is 5.75 Å². The zero-order valence-electron chi connectivity index (χ0n) is 12.7. The Morgan fingerprint density at radius 3 is 2.64 bits per heavy atom. The van der Waals surface area contributed by atoms with E-state index in [2.05, 4.69) is 15.5 Å². The number of aryl methyl sites for hydroxylation is 1. The molecule has 1 aromatic carbocycles. The molecule has 1 heterocycles. The van der Waals surface area contributed by atoms with Crippen molar-refractivity contribution in [3.63, 3.8) is 0 Å². The van der Waals surface area contributed by atoms with Gasteiger partial charge in [0.05, 0.1) is 12.4 Å². The summed E-state index contributed by atoms with van der Waals surface area (Å²) >= 11 is 1.27. The first-order valence-corrected chi connectivity index (χ1v) is 7.63. The number of carbonyl (C=O) groups excluding carboxylic acids is 1. The first kappa shape index (κ1) is 16.2. The van der Waals surface area contributed by atoms with Crippen LogP contribution in [0.2, 0.25) is 0 Å². The van der Waals surface area contributed by atoms with Gasteiger partial charge in [-0.05, 0) is 31.5 Å². The van der Waals surface area contributed by atoms with Crippen LogP contribution in [-0.2, 0) is 11.3 Å². The molecule has 0 aliphatic rings. The molecular weight excluding hydrogens is 302 g/mol. The SMILES string of the molecule is COc1ccc(CNC(=O)[C@@H](C)Sc2nnc(C)n2N)cc1. The number of benzene rings is 1. The summed E-state index contributed by atoms with van der Waals surface area (Å²) in [5, 5.41) is 10.9. The molecule has 0 bridgehead atoms. The molecule has 0 aliphatic heterocycles. The highest BCUT2D eigenvalue weighted by molar-refractivity contribution is 8.00. The summed E-state index contributed by atoms with van der Waals surface area (Å²) in [6.45, 7) is 4.02. The van der Waals surface area contributed by atoms with E-state index in [0.29, 0.717) is 17.5 Å². The molecule has 118 valence electrons. The van der Waals surface area contributed by atoms with Gasteiger partial charge >= 0.3 is 0 Å². The van der Waals surface area contributed by atoms with Crippen LogP contribution in [0.5, 0.6) is 5.75 Å². The Kier molecular flexibility index (Phi) is 5.26. The van der Waals surface area contributed by atoms with Crippen molar-refractivity contribution < 1.29 is 9.53 Å². The maximum atomic E-state index is 12.1. The third kappa shape index (κ3) is 3.91. The number of nitrogens with two attached hydrogens (primary N) is 1. The third-order valence-corrected chi connectivity index (χ3v) is 4.17. The third-order valence-electron chi connectivity index (χ3n) is 3.11. The molecule has 0 spiro atoms. The fourth-order valence-electron chi connectivity index (χ4n) is 1.72. The number of nitrogens with one attached hydrogen (secondary N) is 1. The predicted octanol–water partition coefficient (Wildman–Crippen LogP) is 1.11. The molecule has 8 heteroatoms. The van der Waals surface area contributed by atoms with Crippen LogP contribution in [0.25, 0.3) is 0 Å². The number of nitrogen functional groups attached to an aromatic ring is 1. The number of nitrogens with zero attached hydrogens (tertiary/aromatic N) is 3. The second-order valence-corrected chi connectivity index (χ2v) is 6.03. The molecule has 0 unspecified atom stereocenters. The lowest BCUT2D eigenvalue weighted by Crippen LogP contribution is -2.30. The van der Waals surface area contributed by atoms with E-state index < -0.39 is 0 Å². The van der Waals surface area contributed by atoms with Crippen LogP contribution in [0.15, 0.2) is 29.4 Å². The van der Waals surface area contributed by atoms with Gasteiger partial charge in [-0.25, -0.2) is 4.68 Å². The summed E-state index contributed by atoms with van der Waals surface area (Å²) < 4.78 is 6.47. The van der Waals surface area contributed by atoms with Gasteiger partial charge in [-0.15, -0.1) is 10.2 Å². The van der Waals surface area contributed by atoms with Gasteiger partial charge in [-0.1, -0.05) is 23.9 Å². The van der Waals surface area contributed by atoms with Gasteiger partial charge in [-0.3, -0.25) is 4.79 Å². The second kappa shape index (κ2) is 7.17. The minimum Gasteiger partial charge on any atom is -0.497 e. The zero-order valence-corrected chi connectivity index (χ0v) is 13.6. The lowest BCUT2D eigenvalue weighted by molar-refractivity contribution is -0.120. The van der Waals surface area contributed by atoms with E-state index in [4.69, 9.17) is 10.6 Å². The Hall–Kier alpha value is -2.22. The highest BCUT2D eigenvalue weighted by Gasteiger charge is 2.18. The summed E-state index contributed by atoms with van der Waals surface area (Å²) in [6.07, 6.45) is 0. The Morgan fingerprint density at radius 1 is 1.41 bits per heavy atom. The van der Waals surface area contributed by atoms with Crippen LogP contribution >= 0.6 is 11.8 Å². The lowest BCUT2D eigenvalue weighted by Gasteiger charge is -2.11. The van der Waals surface area contributed by atoms with Crippen LogP contribution in [-0.4, -0.2) is 33.1 Å². The maximum absolute atomic E-state index is 12.1. The van der Waals surface area contributed by atoms with Crippen LogP contribution in [0.1, 0.15) is 18.3 Å². The molecular formula is C14H19N5O2S. The average Bonchev–Trinajstić information content (AvgIpc) is 2.85. The maximum Gasteiger partial charge on any atom is 0.233 e. The van der Waals surface area contributed by atoms with Crippen LogP contribution in [0.4, 0.5) is 0 Å². The van der Waals surface area contributed by atoms with E-state index in [-0.39, 0.29) is 11.2 Å². The number of hydrogen-bond acceptors (Lipinski definition) is 6. The largest absolute Gasteiger partial charge is 0.497 e. The summed E-state index contributed by atoms with van der Waals surface area (Å²) in [4.78, 5) is 12.1. The Labute approximate surface area is 133 Å². The molecule has 7 nitrogen and oxygen atoms in total. The van der Waals surface area contributed by atoms with E-state index in [0.717, 1.165) is 11.3 Å². The highest BCUT2D eigenvalue weighted by Crippen LogP contribution is 2.20. The molecule has 1 atom stereocenters. The van der Waals surface area contributed by atoms with Crippen molar-refractivity contribution >= 4 is 17.7 Å². The van der Waals surface area contributed by atoms with E-state index in [1.165, 1.54) is 16.4 Å². The van der Waals surface area contributed by atoms with E-state index >= 15 is 0 Å². The molecule has 1 amide bonds. The minimum atomic E-state index is -0.316. The highest BCUT2D eigenvalue weighted by atomic mass is 32.2. The molecule has 3 N–H and O–H groups in total. The predicted molar refractivity (Wildman–Crippen MR) is 85.1 cm³/mol. The number of methoxy groups -OCH3 is 1. The van der Waals surface area contributed by atoms with Crippen LogP contribution in [0.3, 0.4) is 0 Å². The van der Waals surface area contributed by atoms with Gasteiger partial charge in [0.1, 0.15) is 11.6 Å². The molecule has 0 saturated carbocycles. The van der Waals surface area contributed by atoms with E-state index in [1.807, 2.05) is 24.3 Å². The molecule has 2 aromatic rings. The summed E-state index contributed by atoms with van der Waals surface area (Å²) in [7, 11) is 1.62. The number of ether oxygens (including phenoxy) is 1. The summed E-state index contributed by atoms with van der Waals surface area (Å²) in [5.74, 6) is 7.08. The van der Waals surface area contributed by atoms with Gasteiger partial charge in [0, 0.05) is 6.54 Å². The quantitative estimate of drug-likeness (QED) is 0.611. The standard InChI is InChI=1S/C14H19N5O2S/c1-9(22-14-18-17-10(2)19(14)15)13(20)16-8-11-4-6-12(21-3)7-5-11/h4-7,9H,8,15H2,1-3H3,(H,16,20)/t9-/m1/s1. The monoisotopic (exact) mass is 321 g/mol. The zero-order chi connectivity index (χ0) is 16.1. The fraction of sp³-hybridized carbons (Fsp3) is 0.357. The molecule has 0 saturated heterocycles. The Morgan fingerprint density at radius 2 is 2.09 bits per heavy atom. The van der Waals surface area contributed by atoms with Crippen molar-refractivity contribution in [2.24, 2.45) is 0 Å². The number of rotatable bonds is 6. The molecule has 22 heavy (non-hydrogen) atoms. The van der Waals surface area contributed by atoms with Crippen molar-refractivity contribution in [2.45, 2.75) is 30.8 Å². The van der Waals surface area contributed by atoms with Crippen LogP contribution in [0, 0.1) is 6.92 Å². The fourth-order valence-corrected chi connectivity index (χ4v) is 2.56. The van der Waals surface area contributed by atoms with Crippen LogP contribution < -0.4 is 15.9 Å². The number of thioether (sulfide) groups is 1. The molecule has 0 fully saturated rings. The number of amides is 1. The van der Waals surface area contributed by atoms with Crippen molar-refractivity contribution in [2.75, 3.05) is 13.0 Å². The van der Waals surface area contributed by atoms with Crippen molar-refractivity contribution in [3.05, 3.63) is 35.7 Å². The first-order chi connectivity index (χ1) is 10.5. The normalized spacial score (nSPS) is 12.0. The first-order valence-electron chi connectivity index (χ1n) is 6.75. The van der Waals surface area contributed by atoms with Crippen molar-refractivity contribution in [1.29, 1.82) is 0 Å². The van der Waals surface area contributed by atoms with Gasteiger partial charge < -0.3 is 15.9 Å². The van der Waals surface area contributed by atoms with Crippen molar-refractivity contribution in [1.82, 2.24) is 20.2 Å². The number of aromatic nitrogens is 3. The summed E-state index contributed by atoms with van der Waals surface area (Å²) in [5.41, 5.74) is 1.00. The molecule has 2 rings (SSSR count). The average molecular weight is 321 g/mol. The number of carbonyl (C=O) groups is 1. The van der Waals surface area contributed by atoms with Gasteiger partial charge in [0.25, 0.3) is 0 Å². The molecule has 0 aliphatic carbocycles. The van der Waals surface area contributed by atoms with Gasteiger partial charge in [0.15, 0.2) is 0 Å². The molecule has 0 radical (unpaired) electrons. The number of hydrogen-bond donors (Lipinski definition) is 2. The smallest absolute Gasteiger partial charge is 0.233 e. The Bertz CT molecular complexity index is 641. The second-order valence-electron chi connectivity index (χ2n) is 4.73. The topological polar surface area (TPSA) is 95.1 Å². The molecule has 1 aromatic heterocycles. The van der Waals surface area contributed by atoms with E-state index in [9.17, 15) is 4.79 Å².